The largest absolute Gasteiger partial charge is 0.261 e. The normalized spacial score (nSPS) is 13.0. The molecule has 1 rings (SSSR count). The number of halogens is 1. The number of hydrogen-bond acceptors (Lipinski definition) is 1. The summed E-state index contributed by atoms with van der Waals surface area (Å²) in [5, 5.41) is 0. The monoisotopic (exact) mass is 209 g/mol. The van der Waals surface area contributed by atoms with Crippen LogP contribution in [0.3, 0.4) is 0 Å². The molecule has 0 amide bonds. The van der Waals surface area contributed by atoms with Crippen LogP contribution in [0, 0.1) is 5.82 Å². The third-order valence-electron chi connectivity index (χ3n) is 2.46. The van der Waals surface area contributed by atoms with E-state index in [1.54, 1.807) is 6.20 Å². The van der Waals surface area contributed by atoms with Crippen LogP contribution in [0.5, 0.6) is 0 Å². The zero-order valence-corrected chi connectivity index (χ0v) is 10.5. The molecule has 0 fully saturated rings. The third kappa shape index (κ3) is 2.55. The molecule has 0 saturated heterocycles. The Labute approximate surface area is 91.7 Å². The van der Waals surface area contributed by atoms with Gasteiger partial charge in [-0.15, -0.1) is 0 Å². The molecule has 0 N–H and O–H groups in total. The van der Waals surface area contributed by atoms with Crippen molar-refractivity contribution in [2.75, 3.05) is 0 Å². The highest BCUT2D eigenvalue weighted by Gasteiger charge is 2.28. The molecule has 0 aliphatic rings. The van der Waals surface area contributed by atoms with Gasteiger partial charge in [0.15, 0.2) is 0 Å². The van der Waals surface area contributed by atoms with Gasteiger partial charge in [-0.1, -0.05) is 41.5 Å². The summed E-state index contributed by atoms with van der Waals surface area (Å²) in [6.07, 6.45) is 3.08. The lowest BCUT2D eigenvalue weighted by atomic mass is 9.76. The van der Waals surface area contributed by atoms with Crippen LogP contribution in [0.25, 0.3) is 0 Å². The maximum Gasteiger partial charge on any atom is 0.145 e. The highest BCUT2D eigenvalue weighted by molar-refractivity contribution is 5.36. The molecule has 0 atom stereocenters. The minimum atomic E-state index is -0.199. The fourth-order valence-corrected chi connectivity index (χ4v) is 1.77. The molecule has 0 aromatic carbocycles. The zero-order chi connectivity index (χ0) is 11.9. The van der Waals surface area contributed by atoms with Crippen LogP contribution >= 0.6 is 0 Å². The Balaban J connectivity index is 3.48. The van der Waals surface area contributed by atoms with E-state index in [1.165, 1.54) is 6.20 Å². The first-order chi connectivity index (χ1) is 6.64. The van der Waals surface area contributed by atoms with E-state index in [-0.39, 0.29) is 16.6 Å². The van der Waals surface area contributed by atoms with Crippen molar-refractivity contribution < 1.29 is 4.39 Å². The van der Waals surface area contributed by atoms with E-state index in [4.69, 9.17) is 0 Å². The van der Waals surface area contributed by atoms with Crippen molar-refractivity contribution in [3.8, 4) is 0 Å². The quantitative estimate of drug-likeness (QED) is 0.633. The van der Waals surface area contributed by atoms with Crippen molar-refractivity contribution in [1.82, 2.24) is 4.98 Å². The van der Waals surface area contributed by atoms with Crippen molar-refractivity contribution in [3.63, 3.8) is 0 Å². The van der Waals surface area contributed by atoms with Gasteiger partial charge in [0, 0.05) is 11.8 Å². The second kappa shape index (κ2) is 3.58. The van der Waals surface area contributed by atoms with E-state index in [1.807, 2.05) is 20.8 Å². The zero-order valence-electron chi connectivity index (χ0n) is 10.5. The van der Waals surface area contributed by atoms with Crippen molar-refractivity contribution in [3.05, 3.63) is 29.3 Å². The third-order valence-corrected chi connectivity index (χ3v) is 2.46. The molecular weight excluding hydrogens is 189 g/mol. The molecule has 0 unspecified atom stereocenters. The van der Waals surface area contributed by atoms with Gasteiger partial charge in [-0.25, -0.2) is 4.39 Å². The van der Waals surface area contributed by atoms with Gasteiger partial charge in [-0.2, -0.15) is 0 Å². The SMILES string of the molecule is CC(C)(C)c1cncc(F)c1C(C)(C)C. The van der Waals surface area contributed by atoms with Gasteiger partial charge in [0.25, 0.3) is 0 Å². The van der Waals surface area contributed by atoms with Crippen LogP contribution in [0.4, 0.5) is 4.39 Å². The average Bonchev–Trinajstić information content (AvgIpc) is 1.99. The van der Waals surface area contributed by atoms with Gasteiger partial charge < -0.3 is 0 Å². The highest BCUT2D eigenvalue weighted by atomic mass is 19.1. The molecule has 0 bridgehead atoms. The van der Waals surface area contributed by atoms with Crippen LogP contribution in [0.1, 0.15) is 52.7 Å². The van der Waals surface area contributed by atoms with Gasteiger partial charge in [-0.05, 0) is 16.4 Å². The lowest BCUT2D eigenvalue weighted by Crippen LogP contribution is -2.24. The van der Waals surface area contributed by atoms with E-state index in [9.17, 15) is 4.39 Å². The summed E-state index contributed by atoms with van der Waals surface area (Å²) in [6.45, 7) is 12.3. The minimum absolute atomic E-state index is 0.0717. The molecule has 15 heavy (non-hydrogen) atoms. The second-order valence-electron chi connectivity index (χ2n) is 6.04. The molecule has 1 heterocycles. The Hall–Kier alpha value is -0.920. The second-order valence-corrected chi connectivity index (χ2v) is 6.04. The van der Waals surface area contributed by atoms with Gasteiger partial charge >= 0.3 is 0 Å². The van der Waals surface area contributed by atoms with Crippen molar-refractivity contribution in [2.45, 2.75) is 52.4 Å². The van der Waals surface area contributed by atoms with Gasteiger partial charge in [0.1, 0.15) is 5.82 Å². The molecular formula is C13H20FN. The predicted octanol–water partition coefficient (Wildman–Crippen LogP) is 3.82. The molecule has 1 aromatic rings. The van der Waals surface area contributed by atoms with Crippen LogP contribution in [-0.2, 0) is 10.8 Å². The molecule has 2 heteroatoms. The van der Waals surface area contributed by atoms with Gasteiger partial charge in [-0.3, -0.25) is 4.98 Å². The Morgan fingerprint density at radius 2 is 1.47 bits per heavy atom. The smallest absolute Gasteiger partial charge is 0.145 e. The Morgan fingerprint density at radius 3 is 1.80 bits per heavy atom. The molecule has 0 radical (unpaired) electrons. The van der Waals surface area contributed by atoms with E-state index in [0.29, 0.717) is 0 Å². The van der Waals surface area contributed by atoms with Crippen LogP contribution < -0.4 is 0 Å². The maximum atomic E-state index is 13.8. The van der Waals surface area contributed by atoms with E-state index in [2.05, 4.69) is 25.8 Å². The summed E-state index contributed by atoms with van der Waals surface area (Å²) in [5.41, 5.74) is 1.52. The van der Waals surface area contributed by atoms with E-state index >= 15 is 0 Å². The summed E-state index contributed by atoms with van der Waals surface area (Å²) in [7, 11) is 0. The molecule has 0 aliphatic heterocycles. The lowest BCUT2D eigenvalue weighted by Gasteiger charge is -2.29. The van der Waals surface area contributed by atoms with Gasteiger partial charge in [0.2, 0.25) is 0 Å². The number of pyridine rings is 1. The van der Waals surface area contributed by atoms with Crippen LogP contribution in [-0.4, -0.2) is 4.98 Å². The standard InChI is InChI=1S/C13H20FN/c1-12(2,3)9-7-15-8-10(14)11(9)13(4,5)6/h7-8H,1-6H3. The number of aromatic nitrogens is 1. The summed E-state index contributed by atoms with van der Waals surface area (Å²) in [6, 6.07) is 0. The fourth-order valence-electron chi connectivity index (χ4n) is 1.77. The fraction of sp³-hybridized carbons (Fsp3) is 0.615. The molecule has 0 spiro atoms. The first-order valence-electron chi connectivity index (χ1n) is 5.28. The minimum Gasteiger partial charge on any atom is -0.261 e. The first kappa shape index (κ1) is 12.2. The molecule has 84 valence electrons. The maximum absolute atomic E-state index is 13.8. The first-order valence-corrected chi connectivity index (χ1v) is 5.28. The van der Waals surface area contributed by atoms with Crippen LogP contribution in [0.2, 0.25) is 0 Å². The van der Waals surface area contributed by atoms with E-state index in [0.717, 1.165) is 11.1 Å². The average molecular weight is 209 g/mol. The number of rotatable bonds is 0. The molecule has 0 aliphatic carbocycles. The van der Waals surface area contributed by atoms with Crippen LogP contribution in [0.15, 0.2) is 12.4 Å². The Kier molecular flexibility index (Phi) is 2.90. The molecule has 1 nitrogen and oxygen atoms in total. The number of nitrogens with zero attached hydrogens (tertiary/aromatic N) is 1. The summed E-state index contributed by atoms with van der Waals surface area (Å²) < 4.78 is 13.8. The molecule has 1 aromatic heterocycles. The van der Waals surface area contributed by atoms with Gasteiger partial charge in [0.05, 0.1) is 6.20 Å². The van der Waals surface area contributed by atoms with E-state index < -0.39 is 0 Å². The predicted molar refractivity (Wildman–Crippen MR) is 61.6 cm³/mol. The summed E-state index contributed by atoms with van der Waals surface area (Å²) in [5.74, 6) is -0.199. The lowest BCUT2D eigenvalue weighted by molar-refractivity contribution is 0.482. The topological polar surface area (TPSA) is 12.9 Å². The van der Waals surface area contributed by atoms with Crippen molar-refractivity contribution in [1.29, 1.82) is 0 Å². The van der Waals surface area contributed by atoms with Crippen molar-refractivity contribution in [2.24, 2.45) is 0 Å². The highest BCUT2D eigenvalue weighted by Crippen LogP contribution is 2.34. The van der Waals surface area contributed by atoms with Crippen molar-refractivity contribution >= 4 is 0 Å². The Bertz CT molecular complexity index is 356. The summed E-state index contributed by atoms with van der Waals surface area (Å²) >= 11 is 0. The molecule has 0 saturated carbocycles. The Morgan fingerprint density at radius 1 is 0.933 bits per heavy atom. The summed E-state index contributed by atoms with van der Waals surface area (Å²) in [4.78, 5) is 3.95. The number of hydrogen-bond donors (Lipinski definition) is 0.